The molecule has 0 aromatic carbocycles. The zero-order valence-corrected chi connectivity index (χ0v) is 13.4. The van der Waals surface area contributed by atoms with E-state index in [-0.39, 0.29) is 9.65 Å². The van der Waals surface area contributed by atoms with Gasteiger partial charge in [0.2, 0.25) is 0 Å². The molecule has 0 N–H and O–H groups in total. The molecule has 3 rings (SSSR count). The van der Waals surface area contributed by atoms with Crippen LogP contribution in [0, 0.1) is 0 Å². The molecule has 1 saturated carbocycles. The molecule has 0 unspecified atom stereocenters. The van der Waals surface area contributed by atoms with E-state index < -0.39 is 11.6 Å². The van der Waals surface area contributed by atoms with E-state index in [4.69, 9.17) is 18.9 Å². The third-order valence-corrected chi connectivity index (χ3v) is 6.31. The number of halogens is 2. The smallest absolute Gasteiger partial charge is 0.181 e. The van der Waals surface area contributed by atoms with Crippen LogP contribution in [-0.4, -0.2) is 47.7 Å². The maximum atomic E-state index is 5.87. The molecule has 18 heavy (non-hydrogen) atoms. The molecule has 0 amide bonds. The zero-order chi connectivity index (χ0) is 12.6. The highest BCUT2D eigenvalue weighted by atomic mass is 79.9. The first-order chi connectivity index (χ1) is 8.67. The lowest BCUT2D eigenvalue weighted by Crippen LogP contribution is -2.49. The van der Waals surface area contributed by atoms with E-state index in [1.165, 1.54) is 0 Å². The Kier molecular flexibility index (Phi) is 4.05. The van der Waals surface area contributed by atoms with E-state index in [0.717, 1.165) is 25.7 Å². The Hall–Kier alpha value is 0.800. The third kappa shape index (κ3) is 2.29. The summed E-state index contributed by atoms with van der Waals surface area (Å²) in [4.78, 5) is 0.456. The Morgan fingerprint density at radius 1 is 0.667 bits per heavy atom. The number of hydrogen-bond acceptors (Lipinski definition) is 4. The van der Waals surface area contributed by atoms with Crippen molar-refractivity contribution in [1.82, 2.24) is 0 Å². The lowest BCUT2D eigenvalue weighted by Gasteiger charge is -2.41. The van der Waals surface area contributed by atoms with Crippen molar-refractivity contribution in [2.45, 2.75) is 46.9 Å². The summed E-state index contributed by atoms with van der Waals surface area (Å²) in [7, 11) is 0. The van der Waals surface area contributed by atoms with E-state index >= 15 is 0 Å². The highest BCUT2D eigenvalue weighted by Crippen LogP contribution is 2.45. The van der Waals surface area contributed by atoms with Gasteiger partial charge in [0.15, 0.2) is 11.6 Å². The van der Waals surface area contributed by atoms with Crippen LogP contribution in [0.5, 0.6) is 0 Å². The van der Waals surface area contributed by atoms with Gasteiger partial charge in [-0.3, -0.25) is 0 Å². The van der Waals surface area contributed by atoms with E-state index in [9.17, 15) is 0 Å². The van der Waals surface area contributed by atoms with Crippen LogP contribution >= 0.6 is 31.9 Å². The summed E-state index contributed by atoms with van der Waals surface area (Å²) in [6.07, 6.45) is 3.55. The van der Waals surface area contributed by atoms with Crippen LogP contribution in [0.15, 0.2) is 0 Å². The van der Waals surface area contributed by atoms with Crippen LogP contribution < -0.4 is 0 Å². The monoisotopic (exact) mass is 384 g/mol. The van der Waals surface area contributed by atoms with Crippen LogP contribution in [0.1, 0.15) is 25.7 Å². The molecule has 2 saturated heterocycles. The summed E-state index contributed by atoms with van der Waals surface area (Å²) in [6, 6.07) is 0. The Morgan fingerprint density at radius 2 is 1.00 bits per heavy atom. The normalized spacial score (nSPS) is 39.0. The molecule has 3 aliphatic rings. The van der Waals surface area contributed by atoms with Crippen LogP contribution in [0.2, 0.25) is 0 Å². The summed E-state index contributed by atoms with van der Waals surface area (Å²) < 4.78 is 23.5. The molecule has 1 aliphatic carbocycles. The molecule has 6 heteroatoms. The van der Waals surface area contributed by atoms with Gasteiger partial charge in [0.05, 0.1) is 36.1 Å². The molecular weight excluding hydrogens is 368 g/mol. The Morgan fingerprint density at radius 3 is 1.33 bits per heavy atom. The highest BCUT2D eigenvalue weighted by molar-refractivity contribution is 9.09. The van der Waals surface area contributed by atoms with Crippen molar-refractivity contribution < 1.29 is 18.9 Å². The fraction of sp³-hybridized carbons (Fsp3) is 1.00. The molecule has 2 spiro atoms. The van der Waals surface area contributed by atoms with Crippen molar-refractivity contribution in [2.75, 3.05) is 26.4 Å². The largest absolute Gasteiger partial charge is 0.346 e. The standard InChI is InChI=1S/C12H18Br2O4/c13-9-1-2-10(14)12(17-7-8-18-12)4-3-11(9)15-5-6-16-11/h9-10H,1-8H2/t9-,10+. The molecule has 0 bridgehead atoms. The van der Waals surface area contributed by atoms with Crippen LogP contribution in [0.25, 0.3) is 0 Å². The maximum Gasteiger partial charge on any atom is 0.181 e. The van der Waals surface area contributed by atoms with E-state index in [0.29, 0.717) is 26.4 Å². The van der Waals surface area contributed by atoms with Crippen molar-refractivity contribution in [3.8, 4) is 0 Å². The second-order valence-electron chi connectivity index (χ2n) is 5.03. The second-order valence-corrected chi connectivity index (χ2v) is 7.24. The van der Waals surface area contributed by atoms with Gasteiger partial charge in [-0.15, -0.1) is 0 Å². The van der Waals surface area contributed by atoms with Gasteiger partial charge < -0.3 is 18.9 Å². The third-order valence-electron chi connectivity index (χ3n) is 4.00. The van der Waals surface area contributed by atoms with Crippen LogP contribution in [-0.2, 0) is 18.9 Å². The fourth-order valence-corrected chi connectivity index (χ4v) is 4.50. The first kappa shape index (κ1) is 13.8. The highest BCUT2D eigenvalue weighted by Gasteiger charge is 2.51. The van der Waals surface area contributed by atoms with Gasteiger partial charge in [0.1, 0.15) is 0 Å². The zero-order valence-electron chi connectivity index (χ0n) is 10.2. The molecule has 2 aliphatic heterocycles. The number of alkyl halides is 2. The molecule has 3 fully saturated rings. The Bertz CT molecular complexity index is 270. The molecular formula is C12H18Br2O4. The Labute approximate surface area is 124 Å². The Balaban J connectivity index is 1.78. The molecule has 2 atom stereocenters. The first-order valence-corrected chi connectivity index (χ1v) is 8.34. The minimum Gasteiger partial charge on any atom is -0.346 e. The number of rotatable bonds is 0. The average Bonchev–Trinajstić information content (AvgIpc) is 3.02. The van der Waals surface area contributed by atoms with Crippen LogP contribution in [0.4, 0.5) is 0 Å². The second kappa shape index (κ2) is 5.30. The lowest BCUT2D eigenvalue weighted by molar-refractivity contribution is -0.211. The summed E-state index contributed by atoms with van der Waals surface area (Å²) >= 11 is 7.46. The maximum absolute atomic E-state index is 5.87. The quantitative estimate of drug-likeness (QED) is 0.600. The van der Waals surface area contributed by atoms with Gasteiger partial charge in [0, 0.05) is 12.8 Å². The molecule has 4 nitrogen and oxygen atoms in total. The lowest BCUT2D eigenvalue weighted by atomic mass is 9.91. The molecule has 0 aromatic rings. The topological polar surface area (TPSA) is 36.9 Å². The van der Waals surface area contributed by atoms with Gasteiger partial charge in [-0.05, 0) is 12.8 Å². The van der Waals surface area contributed by atoms with Crippen LogP contribution in [0.3, 0.4) is 0 Å². The SMILES string of the molecule is Br[C@@H]1CC[C@H](Br)C2(CCC13OCCO3)OCCO2. The van der Waals surface area contributed by atoms with Crippen molar-refractivity contribution in [3.63, 3.8) is 0 Å². The number of hydrogen-bond donors (Lipinski definition) is 0. The van der Waals surface area contributed by atoms with Gasteiger partial charge in [-0.2, -0.15) is 0 Å². The van der Waals surface area contributed by atoms with Gasteiger partial charge in [-0.1, -0.05) is 31.9 Å². The molecule has 0 aromatic heterocycles. The number of ether oxygens (including phenoxy) is 4. The minimum atomic E-state index is -0.491. The average molecular weight is 386 g/mol. The summed E-state index contributed by atoms with van der Waals surface area (Å²) in [5, 5.41) is 0. The van der Waals surface area contributed by atoms with Gasteiger partial charge in [0.25, 0.3) is 0 Å². The minimum absolute atomic E-state index is 0.228. The van der Waals surface area contributed by atoms with E-state index in [2.05, 4.69) is 31.9 Å². The first-order valence-electron chi connectivity index (χ1n) is 6.51. The molecule has 2 heterocycles. The van der Waals surface area contributed by atoms with Gasteiger partial charge >= 0.3 is 0 Å². The van der Waals surface area contributed by atoms with Crippen molar-refractivity contribution in [2.24, 2.45) is 0 Å². The van der Waals surface area contributed by atoms with Crippen molar-refractivity contribution in [3.05, 3.63) is 0 Å². The predicted octanol–water partition coefficient (Wildman–Crippen LogP) is 2.57. The van der Waals surface area contributed by atoms with E-state index in [1.807, 2.05) is 0 Å². The predicted molar refractivity (Wildman–Crippen MR) is 73.2 cm³/mol. The molecule has 104 valence electrons. The van der Waals surface area contributed by atoms with Gasteiger partial charge in [-0.25, -0.2) is 0 Å². The summed E-state index contributed by atoms with van der Waals surface area (Å²) in [6.45, 7) is 2.70. The molecule has 0 radical (unpaired) electrons. The summed E-state index contributed by atoms with van der Waals surface area (Å²) in [5.74, 6) is -0.981. The van der Waals surface area contributed by atoms with Crippen molar-refractivity contribution >= 4 is 31.9 Å². The summed E-state index contributed by atoms with van der Waals surface area (Å²) in [5.41, 5.74) is 0. The fourth-order valence-electron chi connectivity index (χ4n) is 2.99. The van der Waals surface area contributed by atoms with E-state index in [1.54, 1.807) is 0 Å². The van der Waals surface area contributed by atoms with Crippen molar-refractivity contribution in [1.29, 1.82) is 0 Å².